The normalized spacial score (nSPS) is 10.2. The number of halogens is 1. The van der Waals surface area contributed by atoms with Crippen LogP contribution in [0.5, 0.6) is 0 Å². The standard InChI is InChI=1S/C11H11ClN2O3/c12-9-3-1-8(2-4-9)5-6-13-11(17)14-7-10(15)16/h1-6H,7H2,(H,15,16)(H2,13,14,17)/b6-5+. The van der Waals surface area contributed by atoms with Crippen LogP contribution in [0.25, 0.3) is 6.08 Å². The van der Waals surface area contributed by atoms with Crippen molar-refractivity contribution >= 4 is 29.7 Å². The van der Waals surface area contributed by atoms with Gasteiger partial charge in [-0.2, -0.15) is 0 Å². The number of amides is 2. The van der Waals surface area contributed by atoms with Crippen LogP contribution in [0.4, 0.5) is 4.79 Å². The fourth-order valence-corrected chi connectivity index (χ4v) is 1.12. The maximum atomic E-state index is 11.0. The fraction of sp³-hybridized carbons (Fsp3) is 0.0909. The minimum atomic E-state index is -1.10. The van der Waals surface area contributed by atoms with Crippen LogP contribution in [-0.2, 0) is 4.79 Å². The molecule has 0 aliphatic carbocycles. The van der Waals surface area contributed by atoms with E-state index in [-0.39, 0.29) is 0 Å². The van der Waals surface area contributed by atoms with Crippen LogP contribution in [0.15, 0.2) is 30.5 Å². The molecule has 0 aromatic heterocycles. The van der Waals surface area contributed by atoms with E-state index in [4.69, 9.17) is 16.7 Å². The molecule has 0 bridgehead atoms. The molecule has 0 aliphatic rings. The molecule has 0 heterocycles. The Morgan fingerprint density at radius 3 is 2.53 bits per heavy atom. The van der Waals surface area contributed by atoms with Gasteiger partial charge in [0.15, 0.2) is 0 Å². The maximum absolute atomic E-state index is 11.0. The molecule has 3 N–H and O–H groups in total. The number of urea groups is 1. The molecule has 0 unspecified atom stereocenters. The molecule has 6 heteroatoms. The first-order valence-corrected chi connectivity index (χ1v) is 5.14. The zero-order valence-electron chi connectivity index (χ0n) is 8.81. The monoisotopic (exact) mass is 254 g/mol. The Bertz CT molecular complexity index is 429. The highest BCUT2D eigenvalue weighted by atomic mass is 35.5. The summed E-state index contributed by atoms with van der Waals surface area (Å²) in [6.07, 6.45) is 3.08. The third kappa shape index (κ3) is 5.58. The van der Waals surface area contributed by atoms with E-state index in [1.165, 1.54) is 6.20 Å². The first-order chi connectivity index (χ1) is 8.08. The lowest BCUT2D eigenvalue weighted by Crippen LogP contribution is -2.35. The van der Waals surface area contributed by atoms with E-state index in [9.17, 15) is 9.59 Å². The molecule has 1 rings (SSSR count). The van der Waals surface area contributed by atoms with Gasteiger partial charge in [-0.25, -0.2) is 4.79 Å². The number of aliphatic carboxylic acids is 1. The van der Waals surface area contributed by atoms with Crippen molar-refractivity contribution in [3.63, 3.8) is 0 Å². The maximum Gasteiger partial charge on any atom is 0.323 e. The summed E-state index contributed by atoms with van der Waals surface area (Å²) in [5.41, 5.74) is 0.868. The smallest absolute Gasteiger partial charge is 0.323 e. The Kier molecular flexibility index (Phi) is 5.03. The van der Waals surface area contributed by atoms with Crippen molar-refractivity contribution < 1.29 is 14.7 Å². The first-order valence-electron chi connectivity index (χ1n) is 4.76. The zero-order chi connectivity index (χ0) is 12.7. The van der Waals surface area contributed by atoms with E-state index in [0.717, 1.165) is 5.56 Å². The van der Waals surface area contributed by atoms with Gasteiger partial charge in [0.2, 0.25) is 0 Å². The van der Waals surface area contributed by atoms with Crippen molar-refractivity contribution in [2.24, 2.45) is 0 Å². The molecule has 0 saturated heterocycles. The summed E-state index contributed by atoms with van der Waals surface area (Å²) in [6.45, 7) is -0.416. The summed E-state index contributed by atoms with van der Waals surface area (Å²) in [6, 6.07) is 6.46. The predicted molar refractivity (Wildman–Crippen MR) is 64.7 cm³/mol. The van der Waals surface area contributed by atoms with Crippen LogP contribution in [0.1, 0.15) is 5.56 Å². The first kappa shape index (κ1) is 13.1. The zero-order valence-corrected chi connectivity index (χ0v) is 9.57. The second kappa shape index (κ2) is 6.55. The molecule has 0 fully saturated rings. The Hall–Kier alpha value is -2.01. The van der Waals surface area contributed by atoms with Crippen molar-refractivity contribution in [3.8, 4) is 0 Å². The molecular weight excluding hydrogens is 244 g/mol. The lowest BCUT2D eigenvalue weighted by Gasteiger charge is -2.00. The number of carbonyl (C=O) groups is 2. The number of hydrogen-bond donors (Lipinski definition) is 3. The van der Waals surface area contributed by atoms with Crippen molar-refractivity contribution in [2.45, 2.75) is 0 Å². The average molecular weight is 255 g/mol. The van der Waals surface area contributed by atoms with E-state index in [1.54, 1.807) is 30.3 Å². The molecular formula is C11H11ClN2O3. The molecule has 0 aliphatic heterocycles. The highest BCUT2D eigenvalue weighted by molar-refractivity contribution is 6.30. The Balaban J connectivity index is 2.37. The molecule has 1 aromatic carbocycles. The molecule has 0 radical (unpaired) electrons. The van der Waals surface area contributed by atoms with E-state index in [1.807, 2.05) is 0 Å². The molecule has 2 amide bonds. The summed E-state index contributed by atoms with van der Waals surface area (Å²) < 4.78 is 0. The van der Waals surface area contributed by atoms with Gasteiger partial charge in [0.05, 0.1) is 0 Å². The number of benzene rings is 1. The van der Waals surface area contributed by atoms with Crippen LogP contribution >= 0.6 is 11.6 Å². The lowest BCUT2D eigenvalue weighted by atomic mass is 10.2. The second-order valence-electron chi connectivity index (χ2n) is 3.11. The molecule has 0 saturated carbocycles. The summed E-state index contributed by atoms with van der Waals surface area (Å²) in [7, 11) is 0. The SMILES string of the molecule is O=C(O)CNC(=O)N/C=C/c1ccc(Cl)cc1. The Morgan fingerprint density at radius 1 is 1.29 bits per heavy atom. The molecule has 0 spiro atoms. The number of carboxylic acid groups (broad SMARTS) is 1. The fourth-order valence-electron chi connectivity index (χ4n) is 0.994. The molecule has 17 heavy (non-hydrogen) atoms. The molecule has 5 nitrogen and oxygen atoms in total. The van der Waals surface area contributed by atoms with Crippen LogP contribution in [-0.4, -0.2) is 23.7 Å². The third-order valence-electron chi connectivity index (χ3n) is 1.76. The second-order valence-corrected chi connectivity index (χ2v) is 3.54. The quantitative estimate of drug-likeness (QED) is 0.765. The van der Waals surface area contributed by atoms with Crippen LogP contribution in [0, 0.1) is 0 Å². The number of hydrogen-bond acceptors (Lipinski definition) is 2. The number of nitrogens with one attached hydrogen (secondary N) is 2. The topological polar surface area (TPSA) is 78.4 Å². The van der Waals surface area contributed by atoms with E-state index in [0.29, 0.717) is 5.02 Å². The number of carboxylic acids is 1. The van der Waals surface area contributed by atoms with Gasteiger partial charge in [0.1, 0.15) is 6.54 Å². The largest absolute Gasteiger partial charge is 0.480 e. The summed E-state index contributed by atoms with van der Waals surface area (Å²) in [4.78, 5) is 21.2. The summed E-state index contributed by atoms with van der Waals surface area (Å²) in [5, 5.41) is 13.5. The minimum absolute atomic E-state index is 0.416. The number of rotatable bonds is 4. The van der Waals surface area contributed by atoms with E-state index < -0.39 is 18.5 Å². The summed E-state index contributed by atoms with van der Waals surface area (Å²) in [5.74, 6) is -1.10. The van der Waals surface area contributed by atoms with Crippen molar-refractivity contribution in [2.75, 3.05) is 6.54 Å². The van der Waals surface area contributed by atoms with Crippen molar-refractivity contribution in [3.05, 3.63) is 41.1 Å². The van der Waals surface area contributed by atoms with Gasteiger partial charge in [-0.15, -0.1) is 0 Å². The highest BCUT2D eigenvalue weighted by Gasteiger charge is 1.99. The molecule has 0 atom stereocenters. The minimum Gasteiger partial charge on any atom is -0.480 e. The van der Waals surface area contributed by atoms with Crippen molar-refractivity contribution in [1.29, 1.82) is 0 Å². The van der Waals surface area contributed by atoms with Gasteiger partial charge in [0.25, 0.3) is 0 Å². The highest BCUT2D eigenvalue weighted by Crippen LogP contribution is 2.10. The van der Waals surface area contributed by atoms with Gasteiger partial charge in [-0.05, 0) is 23.8 Å². The molecule has 1 aromatic rings. The van der Waals surface area contributed by atoms with Crippen LogP contribution in [0.2, 0.25) is 5.02 Å². The van der Waals surface area contributed by atoms with Gasteiger partial charge in [-0.1, -0.05) is 23.7 Å². The molecule has 90 valence electrons. The van der Waals surface area contributed by atoms with Crippen molar-refractivity contribution in [1.82, 2.24) is 10.6 Å². The van der Waals surface area contributed by atoms with Crippen LogP contribution in [0.3, 0.4) is 0 Å². The van der Waals surface area contributed by atoms with Gasteiger partial charge >= 0.3 is 12.0 Å². The summed E-state index contributed by atoms with van der Waals surface area (Å²) >= 11 is 5.71. The third-order valence-corrected chi connectivity index (χ3v) is 2.01. The van der Waals surface area contributed by atoms with Gasteiger partial charge < -0.3 is 15.7 Å². The average Bonchev–Trinajstić information content (AvgIpc) is 2.29. The predicted octanol–water partition coefficient (Wildman–Crippen LogP) is 1.69. The lowest BCUT2D eigenvalue weighted by molar-refractivity contribution is -0.135. The van der Waals surface area contributed by atoms with E-state index >= 15 is 0 Å². The number of carbonyl (C=O) groups excluding carboxylic acids is 1. The van der Waals surface area contributed by atoms with Gasteiger partial charge in [0, 0.05) is 11.2 Å². The van der Waals surface area contributed by atoms with Crippen LogP contribution < -0.4 is 10.6 Å². The van der Waals surface area contributed by atoms with Gasteiger partial charge in [-0.3, -0.25) is 4.79 Å². The van der Waals surface area contributed by atoms with E-state index in [2.05, 4.69) is 10.6 Å². The Morgan fingerprint density at radius 2 is 1.94 bits per heavy atom. The Labute approximate surface area is 103 Å².